The Morgan fingerprint density at radius 1 is 1.41 bits per heavy atom. The molecule has 0 radical (unpaired) electrons. The lowest BCUT2D eigenvalue weighted by molar-refractivity contribution is 0.770. The molecule has 0 atom stereocenters. The molecule has 2 N–H and O–H groups in total. The minimum Gasteiger partial charge on any atom is -0.320 e. The predicted molar refractivity (Wildman–Crippen MR) is 70.1 cm³/mol. The molecule has 2 aromatic heterocycles. The minimum atomic E-state index is 0.00972. The van der Waals surface area contributed by atoms with Gasteiger partial charge in [-0.2, -0.15) is 0 Å². The summed E-state index contributed by atoms with van der Waals surface area (Å²) >= 11 is 1.60. The molecule has 3 nitrogen and oxygen atoms in total. The van der Waals surface area contributed by atoms with Gasteiger partial charge in [-0.15, -0.1) is 11.3 Å². The number of hydrogen-bond donors (Lipinski definition) is 1. The molecule has 0 aliphatic heterocycles. The number of nitrogens with zero attached hydrogens (tertiary/aromatic N) is 1. The lowest BCUT2D eigenvalue weighted by Crippen LogP contribution is -2.17. The van der Waals surface area contributed by atoms with Crippen molar-refractivity contribution >= 4 is 11.3 Å². The molecule has 86 valence electrons. The molecule has 0 unspecified atom stereocenters. The van der Waals surface area contributed by atoms with Gasteiger partial charge in [0.1, 0.15) is 0 Å². The molecule has 17 heavy (non-hydrogen) atoms. The largest absolute Gasteiger partial charge is 0.320 e. The number of rotatable bonds is 2. The van der Waals surface area contributed by atoms with E-state index in [0.717, 1.165) is 10.4 Å². The van der Waals surface area contributed by atoms with Crippen LogP contribution in [0, 0.1) is 11.8 Å². The summed E-state index contributed by atoms with van der Waals surface area (Å²) in [4.78, 5) is 12.6. The zero-order chi connectivity index (χ0) is 12.1. The predicted octanol–water partition coefficient (Wildman–Crippen LogP) is 1.27. The van der Waals surface area contributed by atoms with Gasteiger partial charge in [-0.25, -0.2) is 0 Å². The highest BCUT2D eigenvalue weighted by Gasteiger charge is 2.00. The lowest BCUT2D eigenvalue weighted by Gasteiger charge is -2.01. The summed E-state index contributed by atoms with van der Waals surface area (Å²) in [7, 11) is 0. The van der Waals surface area contributed by atoms with Crippen LogP contribution in [0.2, 0.25) is 0 Å². The second kappa shape index (κ2) is 5.48. The first-order valence-electron chi connectivity index (χ1n) is 5.21. The molecule has 0 aliphatic rings. The first kappa shape index (κ1) is 11.6. The van der Waals surface area contributed by atoms with E-state index in [2.05, 4.69) is 11.8 Å². The molecule has 0 aliphatic carbocycles. The Kier molecular flexibility index (Phi) is 3.76. The van der Waals surface area contributed by atoms with Crippen molar-refractivity contribution in [3.63, 3.8) is 0 Å². The summed E-state index contributed by atoms with van der Waals surface area (Å²) < 4.78 is 1.67. The summed E-state index contributed by atoms with van der Waals surface area (Å²) in [6.07, 6.45) is 1.79. The zero-order valence-electron chi connectivity index (χ0n) is 9.22. The molecule has 0 bridgehead atoms. The van der Waals surface area contributed by atoms with Crippen LogP contribution < -0.4 is 11.3 Å². The zero-order valence-corrected chi connectivity index (χ0v) is 10.0. The minimum absolute atomic E-state index is 0.00972. The molecule has 0 saturated carbocycles. The fraction of sp³-hybridized carbons (Fsp3) is 0.154. The molecule has 0 fully saturated rings. The number of aromatic nitrogens is 1. The molecular weight excluding hydrogens is 232 g/mol. The van der Waals surface area contributed by atoms with Gasteiger partial charge in [-0.05, 0) is 12.1 Å². The summed E-state index contributed by atoms with van der Waals surface area (Å²) in [5.74, 6) is 5.78. The third-order valence-corrected chi connectivity index (χ3v) is 3.14. The molecule has 0 aromatic carbocycles. The molecule has 0 amide bonds. The Morgan fingerprint density at radius 2 is 2.29 bits per heavy atom. The Bertz CT molecular complexity index is 616. The van der Waals surface area contributed by atoms with E-state index in [-0.39, 0.29) is 5.56 Å². The van der Waals surface area contributed by atoms with Crippen molar-refractivity contribution in [3.05, 3.63) is 56.6 Å². The fourth-order valence-electron chi connectivity index (χ4n) is 1.44. The van der Waals surface area contributed by atoms with Crippen LogP contribution in [-0.4, -0.2) is 11.1 Å². The van der Waals surface area contributed by atoms with Crippen LogP contribution >= 0.6 is 11.3 Å². The van der Waals surface area contributed by atoms with Gasteiger partial charge in [0, 0.05) is 28.1 Å². The van der Waals surface area contributed by atoms with Crippen LogP contribution in [0.15, 0.2) is 40.6 Å². The van der Waals surface area contributed by atoms with E-state index in [4.69, 9.17) is 5.73 Å². The summed E-state index contributed by atoms with van der Waals surface area (Å²) in [5.41, 5.74) is 6.28. The van der Waals surface area contributed by atoms with Crippen LogP contribution in [0.5, 0.6) is 0 Å². The smallest absolute Gasteiger partial charge is 0.250 e. The van der Waals surface area contributed by atoms with E-state index in [0.29, 0.717) is 13.1 Å². The maximum atomic E-state index is 11.5. The lowest BCUT2D eigenvalue weighted by atomic mass is 10.3. The van der Waals surface area contributed by atoms with E-state index in [1.165, 1.54) is 0 Å². The SMILES string of the molecule is NCC#Cc1csc(Cn2ccccc2=O)c1. The highest BCUT2D eigenvalue weighted by atomic mass is 32.1. The van der Waals surface area contributed by atoms with Crippen LogP contribution in [0.1, 0.15) is 10.4 Å². The standard InChI is InChI=1S/C13H12N2OS/c14-6-3-4-11-8-12(17-10-11)9-15-7-2-1-5-13(15)16/h1-2,5,7-8,10H,6,9,14H2. The summed E-state index contributed by atoms with van der Waals surface area (Å²) in [6.45, 7) is 0.956. The highest BCUT2D eigenvalue weighted by molar-refractivity contribution is 7.10. The van der Waals surface area contributed by atoms with Gasteiger partial charge in [0.15, 0.2) is 0 Å². The number of hydrogen-bond acceptors (Lipinski definition) is 3. The number of thiophene rings is 1. The molecule has 2 heterocycles. The number of nitrogens with two attached hydrogens (primary N) is 1. The van der Waals surface area contributed by atoms with E-state index in [1.807, 2.05) is 17.5 Å². The van der Waals surface area contributed by atoms with Crippen molar-refractivity contribution < 1.29 is 0 Å². The highest BCUT2D eigenvalue weighted by Crippen LogP contribution is 2.14. The van der Waals surface area contributed by atoms with Crippen molar-refractivity contribution in [2.75, 3.05) is 6.54 Å². The molecule has 2 rings (SSSR count). The summed E-state index contributed by atoms with van der Waals surface area (Å²) in [6, 6.07) is 7.14. The van der Waals surface area contributed by atoms with Crippen LogP contribution in [0.3, 0.4) is 0 Å². The van der Waals surface area contributed by atoms with E-state index < -0.39 is 0 Å². The van der Waals surface area contributed by atoms with Crippen molar-refractivity contribution in [1.82, 2.24) is 4.57 Å². The maximum absolute atomic E-state index is 11.5. The number of pyridine rings is 1. The van der Waals surface area contributed by atoms with Crippen molar-refractivity contribution in [3.8, 4) is 11.8 Å². The Hall–Kier alpha value is -1.83. The average Bonchev–Trinajstić information content (AvgIpc) is 2.77. The van der Waals surface area contributed by atoms with Gasteiger partial charge in [0.25, 0.3) is 5.56 Å². The van der Waals surface area contributed by atoms with E-state index in [9.17, 15) is 4.79 Å². The quantitative estimate of drug-likeness (QED) is 0.809. The van der Waals surface area contributed by atoms with E-state index >= 15 is 0 Å². The van der Waals surface area contributed by atoms with Gasteiger partial charge < -0.3 is 10.3 Å². The van der Waals surface area contributed by atoms with Crippen LogP contribution in [0.4, 0.5) is 0 Å². The normalized spacial score (nSPS) is 9.71. The third-order valence-electron chi connectivity index (χ3n) is 2.21. The molecule has 0 spiro atoms. The maximum Gasteiger partial charge on any atom is 0.250 e. The topological polar surface area (TPSA) is 48.0 Å². The molecule has 0 saturated heterocycles. The van der Waals surface area contributed by atoms with Crippen LogP contribution in [-0.2, 0) is 6.54 Å². The second-order valence-corrected chi connectivity index (χ2v) is 4.47. The average molecular weight is 244 g/mol. The molecule has 4 heteroatoms. The summed E-state index contributed by atoms with van der Waals surface area (Å²) in [5, 5.41) is 1.98. The first-order valence-corrected chi connectivity index (χ1v) is 6.09. The second-order valence-electron chi connectivity index (χ2n) is 3.47. The molecular formula is C13H12N2OS. The van der Waals surface area contributed by atoms with Crippen molar-refractivity contribution in [2.24, 2.45) is 5.73 Å². The fourth-order valence-corrected chi connectivity index (χ4v) is 2.26. The van der Waals surface area contributed by atoms with Gasteiger partial charge in [-0.1, -0.05) is 17.9 Å². The Balaban J connectivity index is 2.17. The van der Waals surface area contributed by atoms with Crippen molar-refractivity contribution in [2.45, 2.75) is 6.54 Å². The van der Waals surface area contributed by atoms with Crippen molar-refractivity contribution in [1.29, 1.82) is 0 Å². The van der Waals surface area contributed by atoms with Gasteiger partial charge in [0.2, 0.25) is 0 Å². The Morgan fingerprint density at radius 3 is 3.06 bits per heavy atom. The van der Waals surface area contributed by atoms with Gasteiger partial charge in [-0.3, -0.25) is 4.79 Å². The third kappa shape index (κ3) is 3.06. The first-order chi connectivity index (χ1) is 8.29. The van der Waals surface area contributed by atoms with Gasteiger partial charge >= 0.3 is 0 Å². The van der Waals surface area contributed by atoms with E-state index in [1.54, 1.807) is 34.2 Å². The molecule has 2 aromatic rings. The Labute approximate surface area is 104 Å². The monoisotopic (exact) mass is 244 g/mol. The van der Waals surface area contributed by atoms with Crippen LogP contribution in [0.25, 0.3) is 0 Å². The van der Waals surface area contributed by atoms with Gasteiger partial charge in [0.05, 0.1) is 13.1 Å².